The lowest BCUT2D eigenvalue weighted by atomic mass is 10.1. The van der Waals surface area contributed by atoms with Crippen LogP contribution < -0.4 is 4.74 Å². The number of rotatable bonds is 4. The number of Topliss-reactive ketones (excluding diaryl/α,β-unsaturated/α-hetero) is 1. The van der Waals surface area contributed by atoms with Crippen molar-refractivity contribution in [1.82, 2.24) is 0 Å². The Kier molecular flexibility index (Phi) is 4.12. The Morgan fingerprint density at radius 3 is 2.58 bits per heavy atom. The van der Waals surface area contributed by atoms with Gasteiger partial charge in [-0.25, -0.2) is 8.78 Å². The monoisotopic (exact) mass is 282 g/mol. The fraction of sp³-hybridized carbons (Fsp3) is 0.0714. The number of ketones is 1. The fourth-order valence-electron chi connectivity index (χ4n) is 1.50. The first-order valence-electron chi connectivity index (χ1n) is 5.43. The van der Waals surface area contributed by atoms with Gasteiger partial charge in [0.05, 0.1) is 5.02 Å². The molecule has 0 radical (unpaired) electrons. The summed E-state index contributed by atoms with van der Waals surface area (Å²) in [7, 11) is 0. The van der Waals surface area contributed by atoms with Crippen LogP contribution in [0.5, 0.6) is 5.75 Å². The highest BCUT2D eigenvalue weighted by Gasteiger charge is 2.12. The molecule has 0 saturated heterocycles. The average Bonchev–Trinajstić information content (AvgIpc) is 2.38. The zero-order valence-corrected chi connectivity index (χ0v) is 10.5. The van der Waals surface area contributed by atoms with Gasteiger partial charge in [-0.05, 0) is 24.3 Å². The third kappa shape index (κ3) is 3.29. The minimum Gasteiger partial charge on any atom is -0.481 e. The van der Waals surface area contributed by atoms with Crippen molar-refractivity contribution < 1.29 is 18.3 Å². The predicted molar refractivity (Wildman–Crippen MR) is 67.6 cm³/mol. The van der Waals surface area contributed by atoms with Crippen molar-refractivity contribution >= 4 is 17.4 Å². The summed E-state index contributed by atoms with van der Waals surface area (Å²) in [4.78, 5) is 11.7. The highest BCUT2D eigenvalue weighted by Crippen LogP contribution is 2.27. The first-order chi connectivity index (χ1) is 9.08. The van der Waals surface area contributed by atoms with Gasteiger partial charge in [0.25, 0.3) is 0 Å². The summed E-state index contributed by atoms with van der Waals surface area (Å²) in [6.07, 6.45) is 0. The molecule has 98 valence electrons. The van der Waals surface area contributed by atoms with Crippen molar-refractivity contribution in [1.29, 1.82) is 0 Å². The Morgan fingerprint density at radius 2 is 1.89 bits per heavy atom. The number of hydrogen-bond donors (Lipinski definition) is 0. The van der Waals surface area contributed by atoms with Gasteiger partial charge in [0.2, 0.25) is 0 Å². The van der Waals surface area contributed by atoms with Gasteiger partial charge < -0.3 is 4.74 Å². The summed E-state index contributed by atoms with van der Waals surface area (Å²) in [5, 5.41) is 0.0760. The van der Waals surface area contributed by atoms with Gasteiger partial charge in [0, 0.05) is 5.56 Å². The molecule has 0 fully saturated rings. The number of hydrogen-bond acceptors (Lipinski definition) is 2. The zero-order chi connectivity index (χ0) is 13.8. The lowest BCUT2D eigenvalue weighted by molar-refractivity contribution is 0.0918. The Balaban J connectivity index is 2.09. The molecule has 0 aliphatic rings. The molecule has 0 aliphatic carbocycles. The maximum atomic E-state index is 13.4. The Morgan fingerprint density at radius 1 is 1.16 bits per heavy atom. The van der Waals surface area contributed by atoms with Crippen LogP contribution in [0.3, 0.4) is 0 Å². The number of halogens is 3. The van der Waals surface area contributed by atoms with Crippen LogP contribution in [-0.4, -0.2) is 12.4 Å². The largest absolute Gasteiger partial charge is 0.481 e. The molecule has 19 heavy (non-hydrogen) atoms. The van der Waals surface area contributed by atoms with E-state index in [0.29, 0.717) is 0 Å². The molecule has 0 aromatic heterocycles. The minimum atomic E-state index is -0.653. The number of carbonyl (C=O) groups is 1. The quantitative estimate of drug-likeness (QED) is 0.796. The van der Waals surface area contributed by atoms with Gasteiger partial charge in [-0.15, -0.1) is 0 Å². The van der Waals surface area contributed by atoms with Crippen molar-refractivity contribution in [2.45, 2.75) is 0 Å². The molecule has 0 atom stereocenters. The van der Waals surface area contributed by atoms with Crippen molar-refractivity contribution in [2.75, 3.05) is 6.61 Å². The van der Waals surface area contributed by atoms with Crippen LogP contribution >= 0.6 is 11.6 Å². The lowest BCUT2D eigenvalue weighted by Gasteiger charge is -2.08. The van der Waals surface area contributed by atoms with Gasteiger partial charge in [-0.1, -0.05) is 29.8 Å². The van der Waals surface area contributed by atoms with Crippen LogP contribution in [-0.2, 0) is 0 Å². The first-order valence-corrected chi connectivity index (χ1v) is 5.81. The van der Waals surface area contributed by atoms with E-state index in [-0.39, 0.29) is 16.3 Å². The van der Waals surface area contributed by atoms with Crippen molar-refractivity contribution in [3.63, 3.8) is 0 Å². The van der Waals surface area contributed by atoms with E-state index >= 15 is 0 Å². The van der Waals surface area contributed by atoms with Gasteiger partial charge in [-0.2, -0.15) is 0 Å². The molecular formula is C14H9ClF2O2. The Hall–Kier alpha value is -1.94. The maximum absolute atomic E-state index is 13.4. The second-order valence-corrected chi connectivity index (χ2v) is 4.18. The summed E-state index contributed by atoms with van der Waals surface area (Å²) in [6.45, 7) is -0.413. The van der Waals surface area contributed by atoms with Crippen LogP contribution in [0.25, 0.3) is 0 Å². The molecule has 2 aromatic carbocycles. The van der Waals surface area contributed by atoms with Gasteiger partial charge in [-0.3, -0.25) is 4.79 Å². The molecule has 2 aromatic rings. The third-order valence-corrected chi connectivity index (χ3v) is 2.71. The standard InChI is InChI=1S/C14H9ClF2O2/c15-11-5-2-6-12(17)14(11)19-8-13(18)9-3-1-4-10(16)7-9/h1-7H,8H2. The van der Waals surface area contributed by atoms with Crippen LogP contribution in [0.2, 0.25) is 5.02 Å². The minimum absolute atomic E-state index is 0.0760. The highest BCUT2D eigenvalue weighted by molar-refractivity contribution is 6.32. The van der Waals surface area contributed by atoms with E-state index in [1.165, 1.54) is 36.4 Å². The van der Waals surface area contributed by atoms with Crippen molar-refractivity contribution in [3.8, 4) is 5.75 Å². The zero-order valence-electron chi connectivity index (χ0n) is 9.70. The van der Waals surface area contributed by atoms with E-state index < -0.39 is 24.0 Å². The highest BCUT2D eigenvalue weighted by atomic mass is 35.5. The number of carbonyl (C=O) groups excluding carboxylic acids is 1. The molecule has 0 unspecified atom stereocenters. The smallest absolute Gasteiger partial charge is 0.200 e. The van der Waals surface area contributed by atoms with E-state index in [1.807, 2.05) is 0 Å². The van der Waals surface area contributed by atoms with E-state index in [9.17, 15) is 13.6 Å². The Bertz CT molecular complexity index is 594. The van der Waals surface area contributed by atoms with Crippen molar-refractivity contribution in [2.24, 2.45) is 0 Å². The molecule has 0 bridgehead atoms. The molecule has 0 saturated carbocycles. The van der Waals surface area contributed by atoms with E-state index in [4.69, 9.17) is 16.3 Å². The number of ether oxygens (including phenoxy) is 1. The molecule has 0 aliphatic heterocycles. The lowest BCUT2D eigenvalue weighted by Crippen LogP contribution is -2.12. The molecule has 0 amide bonds. The Labute approximate surface area is 113 Å². The van der Waals surface area contributed by atoms with Gasteiger partial charge in [0.1, 0.15) is 5.82 Å². The summed E-state index contributed by atoms with van der Waals surface area (Å²) in [6, 6.07) is 9.25. The molecular weight excluding hydrogens is 274 g/mol. The summed E-state index contributed by atoms with van der Waals surface area (Å²) in [5.74, 6) is -1.82. The first kappa shape index (κ1) is 13.5. The maximum Gasteiger partial charge on any atom is 0.200 e. The van der Waals surface area contributed by atoms with Gasteiger partial charge >= 0.3 is 0 Å². The fourth-order valence-corrected chi connectivity index (χ4v) is 1.72. The second-order valence-electron chi connectivity index (χ2n) is 3.77. The van der Waals surface area contributed by atoms with Crippen LogP contribution in [0, 0.1) is 11.6 Å². The predicted octanol–water partition coefficient (Wildman–Crippen LogP) is 3.88. The summed E-state index contributed by atoms with van der Waals surface area (Å²) < 4.78 is 31.4. The van der Waals surface area contributed by atoms with Crippen LogP contribution in [0.4, 0.5) is 8.78 Å². The normalized spacial score (nSPS) is 10.3. The van der Waals surface area contributed by atoms with Gasteiger partial charge in [0.15, 0.2) is 24.0 Å². The number of para-hydroxylation sites is 1. The molecule has 2 rings (SSSR count). The SMILES string of the molecule is O=C(COc1c(F)cccc1Cl)c1cccc(F)c1. The third-order valence-electron chi connectivity index (χ3n) is 2.41. The molecule has 2 nitrogen and oxygen atoms in total. The summed E-state index contributed by atoms with van der Waals surface area (Å²) >= 11 is 5.75. The average molecular weight is 283 g/mol. The molecule has 5 heteroatoms. The van der Waals surface area contributed by atoms with E-state index in [0.717, 1.165) is 6.07 Å². The topological polar surface area (TPSA) is 26.3 Å². The van der Waals surface area contributed by atoms with E-state index in [2.05, 4.69) is 0 Å². The van der Waals surface area contributed by atoms with Crippen molar-refractivity contribution in [3.05, 3.63) is 64.7 Å². The molecule has 0 heterocycles. The molecule has 0 spiro atoms. The van der Waals surface area contributed by atoms with Crippen LogP contribution in [0.15, 0.2) is 42.5 Å². The van der Waals surface area contributed by atoms with E-state index in [1.54, 1.807) is 0 Å². The summed E-state index contributed by atoms with van der Waals surface area (Å²) in [5.41, 5.74) is 0.160. The number of benzene rings is 2. The van der Waals surface area contributed by atoms with Crippen LogP contribution in [0.1, 0.15) is 10.4 Å². The second kappa shape index (κ2) is 5.80. The molecule has 0 N–H and O–H groups in total.